The molecule has 2 N–H and O–H groups in total. The van der Waals surface area contributed by atoms with E-state index in [1.54, 1.807) is 10.9 Å². The van der Waals surface area contributed by atoms with Crippen molar-refractivity contribution in [2.45, 2.75) is 38.8 Å². The van der Waals surface area contributed by atoms with Gasteiger partial charge in [-0.05, 0) is 38.7 Å². The maximum absolute atomic E-state index is 12.4. The van der Waals surface area contributed by atoms with Gasteiger partial charge in [0.05, 0.1) is 0 Å². The van der Waals surface area contributed by atoms with Crippen LogP contribution < -0.4 is 5.73 Å². The number of likely N-dealkylation sites (tertiary alicyclic amines) is 1. The molecule has 116 valence electrons. The third kappa shape index (κ3) is 4.36. The first-order valence-corrected chi connectivity index (χ1v) is 6.63. The van der Waals surface area contributed by atoms with Crippen molar-refractivity contribution in [1.29, 1.82) is 0 Å². The summed E-state index contributed by atoms with van der Waals surface area (Å²) in [6.07, 6.45) is 5.70. The number of piperidine rings is 1. The lowest BCUT2D eigenvalue weighted by Gasteiger charge is -2.36. The van der Waals surface area contributed by atoms with Crippen LogP contribution in [0.5, 0.6) is 0 Å². The minimum atomic E-state index is -0.230. The van der Waals surface area contributed by atoms with Crippen molar-refractivity contribution >= 4 is 30.7 Å². The molecule has 7 heteroatoms. The summed E-state index contributed by atoms with van der Waals surface area (Å²) >= 11 is 0. The molecule has 2 heterocycles. The first-order valence-electron chi connectivity index (χ1n) is 6.63. The summed E-state index contributed by atoms with van der Waals surface area (Å²) in [7, 11) is 0. The molecular weight excluding hydrogens is 299 g/mol. The number of hydrogen-bond acceptors (Lipinski definition) is 3. The van der Waals surface area contributed by atoms with Gasteiger partial charge in [0, 0.05) is 31.5 Å². The average molecular weight is 323 g/mol. The quantitative estimate of drug-likeness (QED) is 0.924. The number of nitrogens with two attached hydrogens (primary N) is 1. The first kappa shape index (κ1) is 19.2. The fourth-order valence-corrected chi connectivity index (χ4v) is 2.53. The number of carbonyl (C=O) groups excluding carboxylic acids is 1. The number of aromatic nitrogens is 2. The summed E-state index contributed by atoms with van der Waals surface area (Å²) in [6, 6.07) is 1.76. The monoisotopic (exact) mass is 322 g/mol. The minimum absolute atomic E-state index is 0. The topological polar surface area (TPSA) is 64.2 Å². The van der Waals surface area contributed by atoms with Crippen LogP contribution in [0.25, 0.3) is 0 Å². The summed E-state index contributed by atoms with van der Waals surface area (Å²) in [6.45, 7) is 5.54. The Balaban J connectivity index is 0.00000180. The third-order valence-electron chi connectivity index (χ3n) is 3.79. The smallest absolute Gasteiger partial charge is 0.247 e. The van der Waals surface area contributed by atoms with E-state index in [1.807, 2.05) is 31.0 Å². The highest BCUT2D eigenvalue weighted by molar-refractivity contribution is 5.85. The van der Waals surface area contributed by atoms with Crippen molar-refractivity contribution in [3.8, 4) is 0 Å². The highest BCUT2D eigenvalue weighted by Gasteiger charge is 2.29. The van der Waals surface area contributed by atoms with Gasteiger partial charge in [-0.2, -0.15) is 5.10 Å². The van der Waals surface area contributed by atoms with Crippen LogP contribution in [0.4, 0.5) is 0 Å². The van der Waals surface area contributed by atoms with E-state index < -0.39 is 0 Å². The molecule has 3 atom stereocenters. The van der Waals surface area contributed by atoms with Crippen LogP contribution in [0.15, 0.2) is 18.5 Å². The second kappa shape index (κ2) is 8.49. The molecule has 1 fully saturated rings. The van der Waals surface area contributed by atoms with E-state index in [0.29, 0.717) is 5.92 Å². The van der Waals surface area contributed by atoms with Gasteiger partial charge in [0.25, 0.3) is 0 Å². The van der Waals surface area contributed by atoms with E-state index in [2.05, 4.69) is 5.10 Å². The Morgan fingerprint density at radius 2 is 2.10 bits per heavy atom. The van der Waals surface area contributed by atoms with Gasteiger partial charge in [0.15, 0.2) is 0 Å². The average Bonchev–Trinajstić information content (AvgIpc) is 2.91. The van der Waals surface area contributed by atoms with E-state index in [1.165, 1.54) is 0 Å². The molecule has 1 saturated heterocycles. The molecule has 3 unspecified atom stereocenters. The summed E-state index contributed by atoms with van der Waals surface area (Å²) in [5.41, 5.74) is 5.94. The number of carbonyl (C=O) groups is 1. The molecule has 0 saturated carbocycles. The normalized spacial score (nSPS) is 21.4. The number of halogens is 2. The van der Waals surface area contributed by atoms with Gasteiger partial charge < -0.3 is 10.6 Å². The summed E-state index contributed by atoms with van der Waals surface area (Å²) in [5.74, 6) is 0.566. The van der Waals surface area contributed by atoms with Gasteiger partial charge in [0.2, 0.25) is 5.91 Å². The van der Waals surface area contributed by atoms with Crippen LogP contribution >= 0.6 is 24.8 Å². The molecule has 5 nitrogen and oxygen atoms in total. The summed E-state index contributed by atoms with van der Waals surface area (Å²) in [4.78, 5) is 14.3. The Morgan fingerprint density at radius 1 is 1.40 bits per heavy atom. The molecule has 0 radical (unpaired) electrons. The Bertz CT molecular complexity index is 397. The predicted octanol–water partition coefficient (Wildman–Crippen LogP) is 1.87. The zero-order chi connectivity index (χ0) is 13.1. The Kier molecular flexibility index (Phi) is 8.16. The van der Waals surface area contributed by atoms with Gasteiger partial charge in [0.1, 0.15) is 6.04 Å². The Morgan fingerprint density at radius 3 is 2.65 bits per heavy atom. The maximum Gasteiger partial charge on any atom is 0.247 e. The van der Waals surface area contributed by atoms with Gasteiger partial charge >= 0.3 is 0 Å². The first-order chi connectivity index (χ1) is 8.59. The second-order valence-electron chi connectivity index (χ2n) is 5.21. The number of nitrogens with zero attached hydrogens (tertiary/aromatic N) is 3. The third-order valence-corrected chi connectivity index (χ3v) is 3.79. The van der Waals surface area contributed by atoms with E-state index in [0.717, 1.165) is 25.9 Å². The van der Waals surface area contributed by atoms with Crippen LogP contribution in [0.2, 0.25) is 0 Å². The zero-order valence-corrected chi connectivity index (χ0v) is 13.6. The van der Waals surface area contributed by atoms with E-state index in [-0.39, 0.29) is 42.8 Å². The lowest BCUT2D eigenvalue weighted by atomic mass is 9.92. The fourth-order valence-electron chi connectivity index (χ4n) is 2.53. The Labute approximate surface area is 132 Å². The molecule has 1 amide bonds. The Hall–Kier alpha value is -0.780. The number of rotatable bonds is 3. The van der Waals surface area contributed by atoms with Gasteiger partial charge in [-0.3, -0.25) is 9.48 Å². The molecule has 0 aliphatic carbocycles. The maximum atomic E-state index is 12.4. The number of amides is 1. The van der Waals surface area contributed by atoms with Crippen molar-refractivity contribution < 1.29 is 4.79 Å². The molecule has 0 bridgehead atoms. The lowest BCUT2D eigenvalue weighted by molar-refractivity contribution is -0.136. The van der Waals surface area contributed by atoms with Crippen molar-refractivity contribution in [2.24, 2.45) is 11.7 Å². The van der Waals surface area contributed by atoms with E-state index in [9.17, 15) is 4.79 Å². The minimum Gasteiger partial charge on any atom is -0.341 e. The SMILES string of the molecule is CC(N)C1CCCN(C(=O)C(C)n2cccn2)C1.Cl.Cl. The van der Waals surface area contributed by atoms with Crippen molar-refractivity contribution in [1.82, 2.24) is 14.7 Å². The molecule has 20 heavy (non-hydrogen) atoms. The molecule has 1 aliphatic rings. The lowest BCUT2D eigenvalue weighted by Crippen LogP contribution is -2.47. The molecule has 2 rings (SSSR count). The standard InChI is InChI=1S/C13H22N4O.2ClH/c1-10(14)12-5-3-7-16(9-12)13(18)11(2)17-8-4-6-15-17;;/h4,6,8,10-12H,3,5,7,9,14H2,1-2H3;2*1H. The van der Waals surface area contributed by atoms with Crippen molar-refractivity contribution in [2.75, 3.05) is 13.1 Å². The van der Waals surface area contributed by atoms with Crippen molar-refractivity contribution in [3.63, 3.8) is 0 Å². The van der Waals surface area contributed by atoms with Crippen LogP contribution in [-0.2, 0) is 4.79 Å². The zero-order valence-electron chi connectivity index (χ0n) is 11.9. The van der Waals surface area contributed by atoms with Crippen LogP contribution in [0, 0.1) is 5.92 Å². The summed E-state index contributed by atoms with van der Waals surface area (Å²) in [5, 5.41) is 4.13. The molecule has 1 aromatic heterocycles. The van der Waals surface area contributed by atoms with Gasteiger partial charge in [-0.1, -0.05) is 0 Å². The van der Waals surface area contributed by atoms with Crippen LogP contribution in [0.3, 0.4) is 0 Å². The largest absolute Gasteiger partial charge is 0.341 e. The van der Waals surface area contributed by atoms with Gasteiger partial charge in [-0.15, -0.1) is 24.8 Å². The summed E-state index contributed by atoms with van der Waals surface area (Å²) < 4.78 is 1.71. The highest BCUT2D eigenvalue weighted by atomic mass is 35.5. The van der Waals surface area contributed by atoms with E-state index >= 15 is 0 Å². The predicted molar refractivity (Wildman–Crippen MR) is 84.4 cm³/mol. The molecular formula is C13H24Cl2N4O. The van der Waals surface area contributed by atoms with Gasteiger partial charge in [-0.25, -0.2) is 0 Å². The molecule has 0 spiro atoms. The molecule has 1 aliphatic heterocycles. The second-order valence-corrected chi connectivity index (χ2v) is 5.21. The van der Waals surface area contributed by atoms with Crippen molar-refractivity contribution in [3.05, 3.63) is 18.5 Å². The highest BCUT2D eigenvalue weighted by Crippen LogP contribution is 2.21. The van der Waals surface area contributed by atoms with Crippen LogP contribution in [-0.4, -0.2) is 39.7 Å². The molecule has 0 aromatic carbocycles. The number of hydrogen-bond donors (Lipinski definition) is 1. The van der Waals surface area contributed by atoms with Crippen LogP contribution in [0.1, 0.15) is 32.7 Å². The molecule has 1 aromatic rings. The fraction of sp³-hybridized carbons (Fsp3) is 0.692. The van der Waals surface area contributed by atoms with E-state index in [4.69, 9.17) is 5.73 Å².